The molecule has 0 heterocycles. The number of carbonyl (C=O) groups is 1. The highest BCUT2D eigenvalue weighted by Crippen LogP contribution is 1.78. The van der Waals surface area contributed by atoms with Gasteiger partial charge in [0.05, 0.1) is 0 Å². The fourth-order valence-electron chi connectivity index (χ4n) is 0. The molecule has 3 heteroatoms. The van der Waals surface area contributed by atoms with E-state index in [0.29, 0.717) is 11.8 Å². The van der Waals surface area contributed by atoms with Crippen LogP contribution < -0.4 is 0 Å². The number of hydrogen-bond donors (Lipinski definition) is 0. The second-order valence-electron chi connectivity index (χ2n) is 1.76. The van der Waals surface area contributed by atoms with Crippen molar-refractivity contribution in [3.63, 3.8) is 0 Å². The lowest BCUT2D eigenvalue weighted by Crippen LogP contribution is -1.82. The fraction of sp³-hybridized carbons (Fsp3) is 0.833. The van der Waals surface area contributed by atoms with Crippen LogP contribution in [0, 0.1) is 5.92 Å². The maximum absolute atomic E-state index is 9.50. The molecule has 0 aromatic rings. The largest absolute Gasteiger partial charge is 0.303 e. The van der Waals surface area contributed by atoms with Crippen molar-refractivity contribution < 1.29 is 4.79 Å². The van der Waals surface area contributed by atoms with Crippen molar-refractivity contribution in [3.8, 4) is 0 Å². The minimum atomic E-state index is 0.204. The van der Waals surface area contributed by atoms with E-state index in [2.05, 4.69) is 0 Å². The van der Waals surface area contributed by atoms with Crippen LogP contribution in [-0.2, 0) is 4.79 Å². The zero-order valence-corrected chi connectivity index (χ0v) is 7.24. The molecule has 1 nitrogen and oxygen atoms in total. The zero-order valence-electron chi connectivity index (χ0n) is 5.73. The number of carbonyl (C=O) groups excluding carboxylic acids is 1. The van der Waals surface area contributed by atoms with Crippen molar-refractivity contribution in [1.29, 1.82) is 0 Å². The third-order valence-corrected chi connectivity index (χ3v) is 0.915. The third kappa shape index (κ3) is 30.5. The summed E-state index contributed by atoms with van der Waals surface area (Å²) in [6.45, 7) is 3.71. The van der Waals surface area contributed by atoms with Gasteiger partial charge in [0.2, 0.25) is 0 Å². The molecule has 0 aliphatic rings. The molecule has 0 spiro atoms. The average Bonchev–Trinajstić information content (AvgIpc) is 1.89. The average molecular weight is 171 g/mol. The van der Waals surface area contributed by atoms with Crippen LogP contribution >= 0.6 is 23.2 Å². The van der Waals surface area contributed by atoms with Crippen LogP contribution in [-0.4, -0.2) is 18.0 Å². The number of alkyl halides is 2. The van der Waals surface area contributed by atoms with E-state index in [-0.39, 0.29) is 5.92 Å². The maximum Gasteiger partial charge on any atom is 0.122 e. The molecule has 9 heavy (non-hydrogen) atoms. The Morgan fingerprint density at radius 1 is 1.33 bits per heavy atom. The Labute approximate surface area is 66.3 Å². The highest BCUT2D eigenvalue weighted by Gasteiger charge is 1.79. The summed E-state index contributed by atoms with van der Waals surface area (Å²) in [5.74, 6) is 1.32. The second-order valence-corrected chi connectivity index (χ2v) is 2.51. The van der Waals surface area contributed by atoms with Gasteiger partial charge in [-0.1, -0.05) is 13.8 Å². The Morgan fingerprint density at radius 3 is 1.56 bits per heavy atom. The monoisotopic (exact) mass is 170 g/mol. The molecule has 0 aromatic carbocycles. The SMILES string of the molecule is CC(C)C=O.ClCCCl. The van der Waals surface area contributed by atoms with Crippen molar-refractivity contribution in [3.05, 3.63) is 0 Å². The molecule has 0 atom stereocenters. The second kappa shape index (κ2) is 11.1. The summed E-state index contributed by atoms with van der Waals surface area (Å²) in [5, 5.41) is 0. The van der Waals surface area contributed by atoms with E-state index in [1.807, 2.05) is 13.8 Å². The van der Waals surface area contributed by atoms with Crippen molar-refractivity contribution in [2.24, 2.45) is 5.92 Å². The van der Waals surface area contributed by atoms with Gasteiger partial charge in [-0.2, -0.15) is 0 Å². The lowest BCUT2D eigenvalue weighted by Gasteiger charge is -1.78. The standard InChI is InChI=1S/C4H8O.C2H4Cl2/c1-4(2)3-5;3-1-2-4/h3-4H,1-2H3;1-2H2. The summed E-state index contributed by atoms with van der Waals surface area (Å²) in [6.07, 6.45) is 0.917. The minimum Gasteiger partial charge on any atom is -0.303 e. The van der Waals surface area contributed by atoms with Gasteiger partial charge in [-0.3, -0.25) is 0 Å². The lowest BCUT2D eigenvalue weighted by molar-refractivity contribution is -0.110. The predicted octanol–water partition coefficient (Wildman–Crippen LogP) is 2.31. The van der Waals surface area contributed by atoms with Crippen LogP contribution in [0.25, 0.3) is 0 Å². The summed E-state index contributed by atoms with van der Waals surface area (Å²) in [5.41, 5.74) is 0. The van der Waals surface area contributed by atoms with Gasteiger partial charge in [0.25, 0.3) is 0 Å². The van der Waals surface area contributed by atoms with E-state index in [0.717, 1.165) is 6.29 Å². The summed E-state index contributed by atoms with van der Waals surface area (Å²) < 4.78 is 0. The Hall–Kier alpha value is 0.250. The molecule has 0 bridgehead atoms. The topological polar surface area (TPSA) is 17.1 Å². The number of aldehydes is 1. The number of halogens is 2. The van der Waals surface area contributed by atoms with Crippen molar-refractivity contribution >= 4 is 29.5 Å². The van der Waals surface area contributed by atoms with Crippen LogP contribution in [0.1, 0.15) is 13.8 Å². The molecule has 0 aliphatic heterocycles. The van der Waals surface area contributed by atoms with Crippen molar-refractivity contribution in [1.82, 2.24) is 0 Å². The summed E-state index contributed by atoms with van der Waals surface area (Å²) >= 11 is 10.1. The van der Waals surface area contributed by atoms with Gasteiger partial charge in [-0.05, 0) is 0 Å². The molecule has 0 aliphatic carbocycles. The molecule has 0 amide bonds. The highest BCUT2D eigenvalue weighted by molar-refractivity contribution is 6.25. The molecular weight excluding hydrogens is 159 g/mol. The number of hydrogen-bond acceptors (Lipinski definition) is 1. The summed E-state index contributed by atoms with van der Waals surface area (Å²) in [4.78, 5) is 9.50. The molecule has 56 valence electrons. The van der Waals surface area contributed by atoms with Gasteiger partial charge in [0.1, 0.15) is 6.29 Å². The van der Waals surface area contributed by atoms with Crippen LogP contribution in [0.4, 0.5) is 0 Å². The van der Waals surface area contributed by atoms with Crippen LogP contribution in [0.5, 0.6) is 0 Å². The smallest absolute Gasteiger partial charge is 0.122 e. The van der Waals surface area contributed by atoms with Gasteiger partial charge in [-0.25, -0.2) is 0 Å². The van der Waals surface area contributed by atoms with Crippen LogP contribution in [0.3, 0.4) is 0 Å². The predicted molar refractivity (Wildman–Crippen MR) is 42.3 cm³/mol. The molecule has 0 fully saturated rings. The zero-order chi connectivity index (χ0) is 7.70. The molecule has 0 N–H and O–H groups in total. The molecule has 0 aromatic heterocycles. The Morgan fingerprint density at radius 2 is 1.56 bits per heavy atom. The summed E-state index contributed by atoms with van der Waals surface area (Å²) in [7, 11) is 0. The van der Waals surface area contributed by atoms with E-state index in [9.17, 15) is 4.79 Å². The van der Waals surface area contributed by atoms with E-state index >= 15 is 0 Å². The minimum absolute atomic E-state index is 0.204. The molecule has 0 radical (unpaired) electrons. The fourth-order valence-corrected chi connectivity index (χ4v) is 0. The van der Waals surface area contributed by atoms with E-state index < -0.39 is 0 Å². The van der Waals surface area contributed by atoms with E-state index in [4.69, 9.17) is 23.2 Å². The first-order valence-corrected chi connectivity index (χ1v) is 3.83. The Kier molecular flexibility index (Phi) is 14.8. The first-order valence-electron chi connectivity index (χ1n) is 2.76. The van der Waals surface area contributed by atoms with Crippen LogP contribution in [0.15, 0.2) is 0 Å². The van der Waals surface area contributed by atoms with E-state index in [1.54, 1.807) is 0 Å². The molecule has 0 unspecified atom stereocenters. The number of rotatable bonds is 2. The highest BCUT2D eigenvalue weighted by atomic mass is 35.5. The molecule has 0 saturated heterocycles. The quantitative estimate of drug-likeness (QED) is 0.460. The molecule has 0 saturated carbocycles. The van der Waals surface area contributed by atoms with Gasteiger partial charge < -0.3 is 4.79 Å². The first-order chi connectivity index (χ1) is 4.18. The van der Waals surface area contributed by atoms with Crippen molar-refractivity contribution in [2.75, 3.05) is 11.8 Å². The van der Waals surface area contributed by atoms with Crippen molar-refractivity contribution in [2.45, 2.75) is 13.8 Å². The maximum atomic E-state index is 9.50. The Bertz CT molecular complexity index is 53.0. The first kappa shape index (κ1) is 12.0. The lowest BCUT2D eigenvalue weighted by atomic mass is 10.3. The third-order valence-electron chi connectivity index (χ3n) is 0.344. The molecule has 0 rings (SSSR count). The van der Waals surface area contributed by atoms with Crippen LogP contribution in [0.2, 0.25) is 0 Å². The Balaban J connectivity index is 0. The molecular formula is C6H12Cl2O. The summed E-state index contributed by atoms with van der Waals surface area (Å²) in [6, 6.07) is 0. The van der Waals surface area contributed by atoms with Gasteiger partial charge in [0.15, 0.2) is 0 Å². The normalized spacial score (nSPS) is 8.11. The van der Waals surface area contributed by atoms with Gasteiger partial charge in [0, 0.05) is 17.7 Å². The van der Waals surface area contributed by atoms with Gasteiger partial charge in [-0.15, -0.1) is 23.2 Å². The van der Waals surface area contributed by atoms with E-state index in [1.165, 1.54) is 0 Å². The van der Waals surface area contributed by atoms with Gasteiger partial charge >= 0.3 is 0 Å².